The van der Waals surface area contributed by atoms with Crippen LogP contribution < -0.4 is 0 Å². The molecule has 0 saturated heterocycles. The first-order valence-corrected chi connectivity index (χ1v) is 5.39. The maximum absolute atomic E-state index is 10.7. The highest BCUT2D eigenvalue weighted by atomic mass is 35.5. The summed E-state index contributed by atoms with van der Waals surface area (Å²) in [6.07, 6.45) is 3.89. The molecule has 0 saturated carbocycles. The van der Waals surface area contributed by atoms with Crippen LogP contribution in [0.15, 0.2) is 18.2 Å². The number of hydrogen-bond acceptors (Lipinski definition) is 1. The van der Waals surface area contributed by atoms with Gasteiger partial charge >= 0.3 is 0 Å². The molecule has 1 aromatic carbocycles. The Labute approximate surface area is 95.5 Å². The second kappa shape index (κ2) is 6.27. The molecule has 0 fully saturated rings. The Morgan fingerprint density at radius 3 is 2.93 bits per heavy atom. The van der Waals surface area contributed by atoms with Gasteiger partial charge in [-0.05, 0) is 24.6 Å². The van der Waals surface area contributed by atoms with Crippen molar-refractivity contribution in [3.63, 3.8) is 0 Å². The van der Waals surface area contributed by atoms with Gasteiger partial charge in [0, 0.05) is 22.6 Å². The van der Waals surface area contributed by atoms with Crippen molar-refractivity contribution < 1.29 is 4.79 Å². The number of halogens is 1. The molecule has 0 radical (unpaired) electrons. The molecule has 0 atom stereocenters. The minimum absolute atomic E-state index is 0.562. The monoisotopic (exact) mass is 220 g/mol. The Morgan fingerprint density at radius 2 is 2.27 bits per heavy atom. The van der Waals surface area contributed by atoms with Gasteiger partial charge in [0.1, 0.15) is 0 Å². The zero-order valence-electron chi connectivity index (χ0n) is 8.72. The molecule has 0 bridgehead atoms. The van der Waals surface area contributed by atoms with Crippen molar-refractivity contribution in [2.75, 3.05) is 0 Å². The molecular weight excluding hydrogens is 208 g/mol. The van der Waals surface area contributed by atoms with Crippen LogP contribution in [0.4, 0.5) is 0 Å². The fraction of sp³-hybridized carbons (Fsp3) is 0.308. The molecule has 2 heteroatoms. The van der Waals surface area contributed by atoms with Gasteiger partial charge in [-0.3, -0.25) is 4.79 Å². The smallest absolute Gasteiger partial charge is 0.151 e. The summed E-state index contributed by atoms with van der Waals surface area (Å²) < 4.78 is 0. The van der Waals surface area contributed by atoms with Crippen molar-refractivity contribution in [2.24, 2.45) is 0 Å². The summed E-state index contributed by atoms with van der Waals surface area (Å²) in [5.41, 5.74) is 1.32. The van der Waals surface area contributed by atoms with E-state index >= 15 is 0 Å². The summed E-state index contributed by atoms with van der Waals surface area (Å²) in [5.74, 6) is 6.03. The van der Waals surface area contributed by atoms with E-state index in [1.165, 1.54) is 0 Å². The van der Waals surface area contributed by atoms with Crippen LogP contribution in [0.3, 0.4) is 0 Å². The number of aldehydes is 1. The molecule has 78 valence electrons. The predicted molar refractivity (Wildman–Crippen MR) is 63.2 cm³/mol. The predicted octanol–water partition coefficient (Wildman–Crippen LogP) is 3.69. The van der Waals surface area contributed by atoms with Gasteiger partial charge in [0.2, 0.25) is 0 Å². The second-order valence-electron chi connectivity index (χ2n) is 3.25. The van der Waals surface area contributed by atoms with Gasteiger partial charge in [-0.2, -0.15) is 0 Å². The van der Waals surface area contributed by atoms with Crippen molar-refractivity contribution in [2.45, 2.75) is 26.2 Å². The number of unbranched alkanes of at least 4 members (excludes halogenated alkanes) is 2. The highest BCUT2D eigenvalue weighted by molar-refractivity contribution is 6.30. The molecule has 1 rings (SSSR count). The first-order chi connectivity index (χ1) is 7.27. The Morgan fingerprint density at radius 1 is 1.47 bits per heavy atom. The minimum Gasteiger partial charge on any atom is -0.298 e. The van der Waals surface area contributed by atoms with Gasteiger partial charge in [-0.15, -0.1) is 0 Å². The lowest BCUT2D eigenvalue weighted by atomic mass is 10.1. The van der Waals surface area contributed by atoms with Gasteiger partial charge in [-0.1, -0.05) is 36.8 Å². The van der Waals surface area contributed by atoms with E-state index in [0.29, 0.717) is 10.6 Å². The quantitative estimate of drug-likeness (QED) is 0.431. The number of benzene rings is 1. The molecule has 15 heavy (non-hydrogen) atoms. The van der Waals surface area contributed by atoms with Crippen molar-refractivity contribution in [1.29, 1.82) is 0 Å². The van der Waals surface area contributed by atoms with Crippen LogP contribution in [0.5, 0.6) is 0 Å². The Kier molecular flexibility index (Phi) is 4.93. The van der Waals surface area contributed by atoms with Crippen molar-refractivity contribution in [1.82, 2.24) is 0 Å². The lowest BCUT2D eigenvalue weighted by Crippen LogP contribution is -1.86. The lowest BCUT2D eigenvalue weighted by Gasteiger charge is -1.96. The summed E-state index contributed by atoms with van der Waals surface area (Å²) >= 11 is 5.77. The van der Waals surface area contributed by atoms with Crippen LogP contribution in [0.1, 0.15) is 42.1 Å². The molecule has 0 N–H and O–H groups in total. The Bertz CT molecular complexity index is 399. The molecule has 1 nitrogen and oxygen atoms in total. The topological polar surface area (TPSA) is 17.1 Å². The number of carbonyl (C=O) groups is 1. The SMILES string of the molecule is CCCCC#Cc1ccc(Cl)cc1C=O. The lowest BCUT2D eigenvalue weighted by molar-refractivity contribution is 0.112. The van der Waals surface area contributed by atoms with Gasteiger partial charge in [0.05, 0.1) is 0 Å². The zero-order chi connectivity index (χ0) is 11.1. The fourth-order valence-electron chi connectivity index (χ4n) is 1.17. The average molecular weight is 221 g/mol. The van der Waals surface area contributed by atoms with Crippen molar-refractivity contribution in [3.05, 3.63) is 34.3 Å². The molecule has 0 aliphatic heterocycles. The standard InChI is InChI=1S/C13H13ClO/c1-2-3-4-5-6-11-7-8-13(14)9-12(11)10-15/h7-10H,2-4H2,1H3. The summed E-state index contributed by atoms with van der Waals surface area (Å²) in [6.45, 7) is 2.13. The minimum atomic E-state index is 0.562. The first kappa shape index (κ1) is 11.8. The van der Waals surface area contributed by atoms with Crippen LogP contribution in [-0.2, 0) is 0 Å². The third-order valence-corrected chi connectivity index (χ3v) is 2.25. The molecule has 0 heterocycles. The third-order valence-electron chi connectivity index (χ3n) is 2.02. The number of carbonyl (C=O) groups excluding carboxylic acids is 1. The summed E-state index contributed by atoms with van der Waals surface area (Å²) in [4.78, 5) is 10.7. The van der Waals surface area contributed by atoms with E-state index in [0.717, 1.165) is 31.1 Å². The van der Waals surface area contributed by atoms with Crippen LogP contribution in [-0.4, -0.2) is 6.29 Å². The van der Waals surface area contributed by atoms with Crippen molar-refractivity contribution >= 4 is 17.9 Å². The first-order valence-electron chi connectivity index (χ1n) is 5.01. The second-order valence-corrected chi connectivity index (χ2v) is 3.69. The largest absolute Gasteiger partial charge is 0.298 e. The van der Waals surface area contributed by atoms with Crippen LogP contribution >= 0.6 is 11.6 Å². The average Bonchev–Trinajstić information content (AvgIpc) is 2.26. The van der Waals surface area contributed by atoms with Gasteiger partial charge < -0.3 is 0 Å². The fourth-order valence-corrected chi connectivity index (χ4v) is 1.35. The summed E-state index contributed by atoms with van der Waals surface area (Å²) in [5, 5.41) is 0.566. The molecule has 0 aliphatic carbocycles. The van der Waals surface area contributed by atoms with E-state index in [4.69, 9.17) is 11.6 Å². The van der Waals surface area contributed by atoms with Gasteiger partial charge in [0.25, 0.3) is 0 Å². The van der Waals surface area contributed by atoms with Crippen molar-refractivity contribution in [3.8, 4) is 11.8 Å². The van der Waals surface area contributed by atoms with E-state index in [1.807, 2.05) is 0 Å². The zero-order valence-corrected chi connectivity index (χ0v) is 9.47. The summed E-state index contributed by atoms with van der Waals surface area (Å²) in [6, 6.07) is 5.17. The highest BCUT2D eigenvalue weighted by Gasteiger charge is 1.98. The summed E-state index contributed by atoms with van der Waals surface area (Å²) in [7, 11) is 0. The number of rotatable bonds is 3. The normalized spacial score (nSPS) is 9.20. The maximum atomic E-state index is 10.7. The molecule has 0 amide bonds. The van der Waals surface area contributed by atoms with E-state index in [-0.39, 0.29) is 0 Å². The maximum Gasteiger partial charge on any atom is 0.151 e. The Balaban J connectivity index is 2.83. The van der Waals surface area contributed by atoms with E-state index in [2.05, 4.69) is 18.8 Å². The van der Waals surface area contributed by atoms with E-state index in [9.17, 15) is 4.79 Å². The highest BCUT2D eigenvalue weighted by Crippen LogP contribution is 2.13. The third kappa shape index (κ3) is 3.77. The molecule has 0 aromatic heterocycles. The van der Waals surface area contributed by atoms with Crippen LogP contribution in [0, 0.1) is 11.8 Å². The van der Waals surface area contributed by atoms with Gasteiger partial charge in [0.15, 0.2) is 6.29 Å². The molecule has 0 unspecified atom stereocenters. The van der Waals surface area contributed by atoms with Crippen LogP contribution in [0.2, 0.25) is 5.02 Å². The molecular formula is C13H13ClO. The van der Waals surface area contributed by atoms with E-state index < -0.39 is 0 Å². The van der Waals surface area contributed by atoms with E-state index in [1.54, 1.807) is 18.2 Å². The number of hydrogen-bond donors (Lipinski definition) is 0. The van der Waals surface area contributed by atoms with Gasteiger partial charge in [-0.25, -0.2) is 0 Å². The molecule has 1 aromatic rings. The molecule has 0 aliphatic rings. The van der Waals surface area contributed by atoms with Crippen LogP contribution in [0.25, 0.3) is 0 Å². The molecule has 0 spiro atoms. The Hall–Kier alpha value is -1.26.